The normalized spacial score (nSPS) is 9.20. The number of hydrogen-bond donors (Lipinski definition) is 2. The number of nitrogens with zero attached hydrogens (tertiary/aromatic N) is 2. The van der Waals surface area contributed by atoms with Crippen LogP contribution >= 0.6 is 0 Å². The van der Waals surface area contributed by atoms with E-state index in [1.54, 1.807) is 6.92 Å². The van der Waals surface area contributed by atoms with Gasteiger partial charge in [-0.25, -0.2) is 4.98 Å². The minimum Gasteiger partial charge on any atom is -0.378 e. The maximum atomic E-state index is 10.7. The molecule has 78 valence electrons. The molecule has 0 amide bonds. The summed E-state index contributed by atoms with van der Waals surface area (Å²) in [5.74, 6) is 5.20. The number of rotatable bonds is 1. The average Bonchev–Trinajstić information content (AvgIpc) is 2.16. The summed E-state index contributed by atoms with van der Waals surface area (Å²) >= 11 is 0. The lowest BCUT2D eigenvalue weighted by molar-refractivity contribution is -0.384. The summed E-state index contributed by atoms with van der Waals surface area (Å²) in [6, 6.07) is 0. The van der Waals surface area contributed by atoms with Gasteiger partial charge in [0.2, 0.25) is 5.82 Å². The van der Waals surface area contributed by atoms with Crippen LogP contribution in [0.2, 0.25) is 0 Å². The zero-order valence-corrected chi connectivity index (χ0v) is 8.15. The highest BCUT2D eigenvalue weighted by molar-refractivity contribution is 5.62. The van der Waals surface area contributed by atoms with Crippen molar-refractivity contribution in [3.63, 3.8) is 0 Å². The quantitative estimate of drug-likeness (QED) is 0.387. The van der Waals surface area contributed by atoms with Crippen LogP contribution in [0.15, 0.2) is 6.20 Å². The van der Waals surface area contributed by atoms with Gasteiger partial charge in [-0.1, -0.05) is 11.8 Å². The van der Waals surface area contributed by atoms with Gasteiger partial charge in [-0.15, -0.1) is 0 Å². The molecule has 0 saturated carbocycles. The van der Waals surface area contributed by atoms with E-state index in [1.807, 2.05) is 0 Å². The molecule has 0 aliphatic rings. The fraction of sp³-hybridized carbons (Fsp3) is 0.222. The van der Waals surface area contributed by atoms with Gasteiger partial charge < -0.3 is 11.5 Å². The van der Waals surface area contributed by atoms with Gasteiger partial charge in [0.1, 0.15) is 0 Å². The van der Waals surface area contributed by atoms with E-state index < -0.39 is 4.92 Å². The molecular weight excluding hydrogens is 196 g/mol. The second kappa shape index (κ2) is 4.39. The predicted octanol–water partition coefficient (Wildman–Crippen LogP) is 0.191. The van der Waals surface area contributed by atoms with Gasteiger partial charge in [-0.05, 0) is 6.92 Å². The van der Waals surface area contributed by atoms with Gasteiger partial charge >= 0.3 is 5.69 Å². The molecule has 15 heavy (non-hydrogen) atoms. The second-order valence-corrected chi connectivity index (χ2v) is 2.79. The number of nitrogen functional groups attached to an aromatic ring is 1. The summed E-state index contributed by atoms with van der Waals surface area (Å²) in [4.78, 5) is 13.8. The highest BCUT2D eigenvalue weighted by atomic mass is 16.6. The Bertz CT molecular complexity index is 459. The third kappa shape index (κ3) is 2.21. The fourth-order valence-electron chi connectivity index (χ4n) is 1.11. The van der Waals surface area contributed by atoms with Gasteiger partial charge in [0, 0.05) is 11.8 Å². The lowest BCUT2D eigenvalue weighted by Gasteiger charge is -2.01. The van der Waals surface area contributed by atoms with Crippen molar-refractivity contribution < 1.29 is 4.92 Å². The lowest BCUT2D eigenvalue weighted by Crippen LogP contribution is -2.02. The molecule has 0 bridgehead atoms. The first kappa shape index (κ1) is 10.9. The zero-order chi connectivity index (χ0) is 11.4. The first-order valence-corrected chi connectivity index (χ1v) is 4.16. The molecule has 0 unspecified atom stereocenters. The maximum Gasteiger partial charge on any atom is 0.315 e. The highest BCUT2D eigenvalue weighted by Crippen LogP contribution is 2.25. The fourth-order valence-corrected chi connectivity index (χ4v) is 1.11. The molecule has 6 nitrogen and oxygen atoms in total. The van der Waals surface area contributed by atoms with Gasteiger partial charge in [-0.3, -0.25) is 10.1 Å². The van der Waals surface area contributed by atoms with E-state index in [9.17, 15) is 10.1 Å². The van der Waals surface area contributed by atoms with Crippen molar-refractivity contribution in [1.82, 2.24) is 4.98 Å². The summed E-state index contributed by atoms with van der Waals surface area (Å²) in [5, 5.41) is 10.7. The van der Waals surface area contributed by atoms with Crippen LogP contribution in [0.4, 0.5) is 11.5 Å². The van der Waals surface area contributed by atoms with Crippen molar-refractivity contribution in [3.8, 4) is 11.8 Å². The Morgan fingerprint density at radius 3 is 2.87 bits per heavy atom. The largest absolute Gasteiger partial charge is 0.378 e. The van der Waals surface area contributed by atoms with Crippen LogP contribution in [0.1, 0.15) is 11.1 Å². The number of hydrogen-bond acceptors (Lipinski definition) is 5. The molecule has 0 spiro atoms. The molecule has 1 aromatic heterocycles. The van der Waals surface area contributed by atoms with Crippen molar-refractivity contribution in [3.05, 3.63) is 27.4 Å². The Kier molecular flexibility index (Phi) is 3.21. The summed E-state index contributed by atoms with van der Waals surface area (Å²) in [6.07, 6.45) is 1.40. The van der Waals surface area contributed by atoms with Crippen LogP contribution in [0.3, 0.4) is 0 Å². The van der Waals surface area contributed by atoms with Crippen molar-refractivity contribution >= 4 is 11.5 Å². The smallest absolute Gasteiger partial charge is 0.315 e. The topological polar surface area (TPSA) is 108 Å². The standard InChI is InChI=1S/C9H10N4O2/c1-6-7(3-2-4-10)5-12-9(11)8(6)13(14)15/h5H,4,10H2,1H3,(H2,11,12). The van der Waals surface area contributed by atoms with Crippen molar-refractivity contribution in [2.24, 2.45) is 5.73 Å². The number of pyridine rings is 1. The highest BCUT2D eigenvalue weighted by Gasteiger charge is 2.18. The third-order valence-corrected chi connectivity index (χ3v) is 1.84. The molecule has 0 aliphatic heterocycles. The molecule has 1 aromatic rings. The molecule has 0 saturated heterocycles. The molecule has 0 radical (unpaired) electrons. The molecule has 0 aliphatic carbocycles. The van der Waals surface area contributed by atoms with Crippen LogP contribution in [-0.4, -0.2) is 16.5 Å². The van der Waals surface area contributed by atoms with E-state index in [-0.39, 0.29) is 18.1 Å². The predicted molar refractivity (Wildman–Crippen MR) is 56.0 cm³/mol. The van der Waals surface area contributed by atoms with E-state index >= 15 is 0 Å². The van der Waals surface area contributed by atoms with E-state index in [4.69, 9.17) is 11.5 Å². The third-order valence-electron chi connectivity index (χ3n) is 1.84. The van der Waals surface area contributed by atoms with Crippen LogP contribution in [-0.2, 0) is 0 Å². The Morgan fingerprint density at radius 1 is 1.67 bits per heavy atom. The van der Waals surface area contributed by atoms with Crippen LogP contribution in [0.25, 0.3) is 0 Å². The Labute approximate surface area is 86.4 Å². The molecule has 1 heterocycles. The molecule has 0 aromatic carbocycles. The number of anilines is 1. The van der Waals surface area contributed by atoms with Crippen molar-refractivity contribution in [1.29, 1.82) is 0 Å². The molecular formula is C9H10N4O2. The maximum absolute atomic E-state index is 10.7. The molecule has 1 rings (SSSR count). The van der Waals surface area contributed by atoms with Crippen LogP contribution in [0, 0.1) is 28.9 Å². The number of aromatic nitrogens is 1. The van der Waals surface area contributed by atoms with Gasteiger partial charge in [0.25, 0.3) is 0 Å². The Balaban J connectivity index is 3.35. The number of nitro groups is 1. The van der Waals surface area contributed by atoms with E-state index in [2.05, 4.69) is 16.8 Å². The summed E-state index contributed by atoms with van der Waals surface area (Å²) in [6.45, 7) is 1.77. The minimum absolute atomic E-state index is 0.101. The first-order valence-electron chi connectivity index (χ1n) is 4.16. The molecule has 0 fully saturated rings. The summed E-state index contributed by atoms with van der Waals surface area (Å²) in [5.41, 5.74) is 11.3. The monoisotopic (exact) mass is 206 g/mol. The van der Waals surface area contributed by atoms with E-state index in [0.29, 0.717) is 11.1 Å². The molecule has 4 N–H and O–H groups in total. The van der Waals surface area contributed by atoms with Gasteiger partial charge in [0.05, 0.1) is 17.0 Å². The van der Waals surface area contributed by atoms with E-state index in [0.717, 1.165) is 0 Å². The minimum atomic E-state index is -0.564. The van der Waals surface area contributed by atoms with E-state index in [1.165, 1.54) is 6.20 Å². The average molecular weight is 206 g/mol. The van der Waals surface area contributed by atoms with Crippen LogP contribution < -0.4 is 11.5 Å². The Morgan fingerprint density at radius 2 is 2.33 bits per heavy atom. The van der Waals surface area contributed by atoms with Crippen molar-refractivity contribution in [2.45, 2.75) is 6.92 Å². The second-order valence-electron chi connectivity index (χ2n) is 2.79. The molecule has 0 atom stereocenters. The summed E-state index contributed by atoms with van der Waals surface area (Å²) < 4.78 is 0. The summed E-state index contributed by atoms with van der Waals surface area (Å²) in [7, 11) is 0. The van der Waals surface area contributed by atoms with Crippen molar-refractivity contribution in [2.75, 3.05) is 12.3 Å². The van der Waals surface area contributed by atoms with Gasteiger partial charge in [-0.2, -0.15) is 0 Å². The van der Waals surface area contributed by atoms with Gasteiger partial charge in [0.15, 0.2) is 0 Å². The SMILES string of the molecule is Cc1c(C#CCN)cnc(N)c1[N+](=O)[O-]. The number of nitrogens with two attached hydrogens (primary N) is 2. The Hall–Kier alpha value is -2.13. The molecule has 6 heteroatoms. The van der Waals surface area contributed by atoms with Crippen LogP contribution in [0.5, 0.6) is 0 Å². The zero-order valence-electron chi connectivity index (χ0n) is 8.15. The lowest BCUT2D eigenvalue weighted by atomic mass is 10.1. The first-order chi connectivity index (χ1) is 7.07.